The SMILES string of the molecule is CNc1cc(C)nc(Nc2ccc(OC)c(C#CC3CCCN3)c2)n1. The second kappa shape index (κ2) is 7.86. The quantitative estimate of drug-likeness (QED) is 0.745. The van der Waals surface area contributed by atoms with E-state index in [1.54, 1.807) is 7.11 Å². The zero-order valence-corrected chi connectivity index (χ0v) is 14.8. The van der Waals surface area contributed by atoms with Gasteiger partial charge in [0.15, 0.2) is 0 Å². The van der Waals surface area contributed by atoms with Crippen molar-refractivity contribution in [2.45, 2.75) is 25.8 Å². The van der Waals surface area contributed by atoms with Crippen molar-refractivity contribution < 1.29 is 4.74 Å². The zero-order chi connectivity index (χ0) is 17.6. The summed E-state index contributed by atoms with van der Waals surface area (Å²) in [5.41, 5.74) is 2.61. The molecule has 6 nitrogen and oxygen atoms in total. The molecule has 1 atom stereocenters. The first-order valence-electron chi connectivity index (χ1n) is 8.41. The topological polar surface area (TPSA) is 71.1 Å². The Balaban J connectivity index is 1.84. The highest BCUT2D eigenvalue weighted by atomic mass is 16.5. The molecule has 1 aromatic heterocycles. The third kappa shape index (κ3) is 4.40. The Morgan fingerprint density at radius 1 is 1.28 bits per heavy atom. The van der Waals surface area contributed by atoms with Gasteiger partial charge in [0, 0.05) is 24.5 Å². The van der Waals surface area contributed by atoms with Gasteiger partial charge in [-0.1, -0.05) is 11.8 Å². The van der Waals surface area contributed by atoms with Crippen LogP contribution in [-0.4, -0.2) is 36.7 Å². The summed E-state index contributed by atoms with van der Waals surface area (Å²) in [5.74, 6) is 8.60. The minimum Gasteiger partial charge on any atom is -0.495 e. The number of aryl methyl sites for hydroxylation is 1. The molecule has 0 spiro atoms. The van der Waals surface area contributed by atoms with Gasteiger partial charge >= 0.3 is 0 Å². The highest BCUT2D eigenvalue weighted by Crippen LogP contribution is 2.24. The lowest BCUT2D eigenvalue weighted by Crippen LogP contribution is -2.18. The highest BCUT2D eigenvalue weighted by Gasteiger charge is 2.11. The van der Waals surface area contributed by atoms with Crippen molar-refractivity contribution in [1.29, 1.82) is 0 Å². The summed E-state index contributed by atoms with van der Waals surface area (Å²) in [7, 11) is 3.49. The van der Waals surface area contributed by atoms with E-state index in [4.69, 9.17) is 4.74 Å². The van der Waals surface area contributed by atoms with E-state index in [1.165, 1.54) is 6.42 Å². The van der Waals surface area contributed by atoms with E-state index < -0.39 is 0 Å². The summed E-state index contributed by atoms with van der Waals surface area (Å²) in [6, 6.07) is 7.96. The number of anilines is 3. The number of benzene rings is 1. The first-order chi connectivity index (χ1) is 12.2. The third-order valence-electron chi connectivity index (χ3n) is 4.01. The summed E-state index contributed by atoms with van der Waals surface area (Å²) in [4.78, 5) is 8.84. The lowest BCUT2D eigenvalue weighted by molar-refractivity contribution is 0.413. The molecule has 0 saturated carbocycles. The van der Waals surface area contributed by atoms with Crippen LogP contribution in [0.4, 0.5) is 17.5 Å². The molecule has 25 heavy (non-hydrogen) atoms. The van der Waals surface area contributed by atoms with Crippen LogP contribution in [0.1, 0.15) is 24.1 Å². The first kappa shape index (κ1) is 17.1. The summed E-state index contributed by atoms with van der Waals surface area (Å²) >= 11 is 0. The lowest BCUT2D eigenvalue weighted by atomic mass is 10.1. The standard InChI is InChI=1S/C19H23N5O/c1-13-11-18(20-2)24-19(22-13)23-16-8-9-17(25-3)14(12-16)6-7-15-5-4-10-21-15/h8-9,11-12,15,21H,4-5,10H2,1-3H3,(H2,20,22,23,24). The Morgan fingerprint density at radius 2 is 2.16 bits per heavy atom. The maximum atomic E-state index is 5.43. The molecule has 3 rings (SSSR count). The first-order valence-corrected chi connectivity index (χ1v) is 8.41. The molecule has 1 aliphatic heterocycles. The fourth-order valence-corrected chi connectivity index (χ4v) is 2.74. The predicted molar refractivity (Wildman–Crippen MR) is 100 cm³/mol. The van der Waals surface area contributed by atoms with Crippen LogP contribution in [0.5, 0.6) is 5.75 Å². The molecule has 2 aromatic rings. The minimum atomic E-state index is 0.264. The van der Waals surface area contributed by atoms with Gasteiger partial charge in [0.25, 0.3) is 0 Å². The van der Waals surface area contributed by atoms with E-state index in [0.29, 0.717) is 5.95 Å². The van der Waals surface area contributed by atoms with Gasteiger partial charge in [0.1, 0.15) is 11.6 Å². The summed E-state index contributed by atoms with van der Waals surface area (Å²) in [6.45, 7) is 2.98. The van der Waals surface area contributed by atoms with Gasteiger partial charge in [-0.3, -0.25) is 0 Å². The monoisotopic (exact) mass is 337 g/mol. The van der Waals surface area contributed by atoms with Crippen LogP contribution in [0.3, 0.4) is 0 Å². The van der Waals surface area contributed by atoms with E-state index >= 15 is 0 Å². The van der Waals surface area contributed by atoms with Crippen LogP contribution in [0, 0.1) is 18.8 Å². The van der Waals surface area contributed by atoms with Gasteiger partial charge in [-0.25, -0.2) is 4.98 Å². The van der Waals surface area contributed by atoms with Crippen molar-refractivity contribution in [2.24, 2.45) is 0 Å². The van der Waals surface area contributed by atoms with E-state index in [-0.39, 0.29) is 6.04 Å². The summed E-state index contributed by atoms with van der Waals surface area (Å²) in [5, 5.41) is 9.65. The Hall–Kier alpha value is -2.78. The molecule has 6 heteroatoms. The summed E-state index contributed by atoms with van der Waals surface area (Å²) in [6.07, 6.45) is 2.27. The molecule has 1 fully saturated rings. The van der Waals surface area contributed by atoms with Crippen molar-refractivity contribution >= 4 is 17.5 Å². The van der Waals surface area contributed by atoms with Gasteiger partial charge < -0.3 is 20.7 Å². The van der Waals surface area contributed by atoms with Crippen LogP contribution in [0.15, 0.2) is 24.3 Å². The Bertz CT molecular complexity index is 803. The zero-order valence-electron chi connectivity index (χ0n) is 14.8. The summed E-state index contributed by atoms with van der Waals surface area (Å²) < 4.78 is 5.43. The smallest absolute Gasteiger partial charge is 0.229 e. The molecular formula is C19H23N5O. The Labute approximate surface area is 148 Å². The second-order valence-electron chi connectivity index (χ2n) is 5.93. The number of ether oxygens (including phenoxy) is 1. The van der Waals surface area contributed by atoms with Crippen molar-refractivity contribution in [3.8, 4) is 17.6 Å². The molecule has 2 heterocycles. The number of hydrogen-bond acceptors (Lipinski definition) is 6. The number of methoxy groups -OCH3 is 1. The van der Waals surface area contributed by atoms with Gasteiger partial charge in [-0.2, -0.15) is 4.98 Å². The maximum absolute atomic E-state index is 5.43. The highest BCUT2D eigenvalue weighted by molar-refractivity contribution is 5.62. The van der Waals surface area contributed by atoms with Crippen LogP contribution in [0.2, 0.25) is 0 Å². The fourth-order valence-electron chi connectivity index (χ4n) is 2.74. The van der Waals surface area contributed by atoms with Gasteiger partial charge in [-0.05, 0) is 44.5 Å². The molecule has 1 saturated heterocycles. The van der Waals surface area contributed by atoms with Crippen molar-refractivity contribution in [3.05, 3.63) is 35.5 Å². The maximum Gasteiger partial charge on any atom is 0.229 e. The molecule has 0 radical (unpaired) electrons. The van der Waals surface area contributed by atoms with E-state index in [1.807, 2.05) is 38.2 Å². The fraction of sp³-hybridized carbons (Fsp3) is 0.368. The molecule has 0 aliphatic carbocycles. The molecule has 1 aromatic carbocycles. The molecule has 130 valence electrons. The van der Waals surface area contributed by atoms with Crippen LogP contribution >= 0.6 is 0 Å². The lowest BCUT2D eigenvalue weighted by Gasteiger charge is -2.10. The van der Waals surface area contributed by atoms with Crippen LogP contribution in [0.25, 0.3) is 0 Å². The van der Waals surface area contributed by atoms with E-state index in [9.17, 15) is 0 Å². The van der Waals surface area contributed by atoms with Crippen molar-refractivity contribution in [3.63, 3.8) is 0 Å². The average molecular weight is 337 g/mol. The van der Waals surface area contributed by atoms with Crippen molar-refractivity contribution in [1.82, 2.24) is 15.3 Å². The average Bonchev–Trinajstić information content (AvgIpc) is 3.13. The number of nitrogens with one attached hydrogen (secondary N) is 3. The van der Waals surface area contributed by atoms with Gasteiger partial charge in [0.05, 0.1) is 18.7 Å². The predicted octanol–water partition coefficient (Wildman–Crippen LogP) is 2.68. The normalized spacial score (nSPS) is 16.0. The molecule has 3 N–H and O–H groups in total. The third-order valence-corrected chi connectivity index (χ3v) is 4.01. The Kier molecular flexibility index (Phi) is 5.36. The van der Waals surface area contributed by atoms with E-state index in [0.717, 1.165) is 41.5 Å². The molecule has 1 aliphatic rings. The van der Waals surface area contributed by atoms with Crippen LogP contribution in [-0.2, 0) is 0 Å². The largest absolute Gasteiger partial charge is 0.495 e. The molecule has 0 amide bonds. The van der Waals surface area contributed by atoms with Crippen LogP contribution < -0.4 is 20.7 Å². The minimum absolute atomic E-state index is 0.264. The number of nitrogens with zero attached hydrogens (tertiary/aromatic N) is 2. The Morgan fingerprint density at radius 3 is 2.88 bits per heavy atom. The van der Waals surface area contributed by atoms with Crippen molar-refractivity contribution in [2.75, 3.05) is 31.3 Å². The second-order valence-corrected chi connectivity index (χ2v) is 5.93. The molecule has 1 unspecified atom stereocenters. The number of rotatable bonds is 4. The molecular weight excluding hydrogens is 314 g/mol. The number of hydrogen-bond donors (Lipinski definition) is 3. The molecule has 0 bridgehead atoms. The van der Waals surface area contributed by atoms with Gasteiger partial charge in [-0.15, -0.1) is 0 Å². The van der Waals surface area contributed by atoms with Gasteiger partial charge in [0.2, 0.25) is 5.95 Å². The van der Waals surface area contributed by atoms with E-state index in [2.05, 4.69) is 37.8 Å². The number of aromatic nitrogens is 2.